The van der Waals surface area contributed by atoms with Crippen molar-refractivity contribution in [2.75, 3.05) is 16.7 Å². The lowest BCUT2D eigenvalue weighted by Crippen LogP contribution is -2.42. The maximum atomic E-state index is 13.1. The normalized spacial score (nSPS) is 18.4. The zero-order chi connectivity index (χ0) is 18.0. The number of nitrogens with zero attached hydrogens (tertiary/aromatic N) is 1. The summed E-state index contributed by atoms with van der Waals surface area (Å²) in [5.41, 5.74) is 1.25. The maximum Gasteiger partial charge on any atom is 0.356 e. The lowest BCUT2D eigenvalue weighted by atomic mass is 10.2. The summed E-state index contributed by atoms with van der Waals surface area (Å²) in [5.74, 6) is 0.0280. The second-order valence-corrected chi connectivity index (χ2v) is 9.39. The molecular weight excluding hydrogens is 357 g/mol. The minimum absolute atomic E-state index is 0.0280. The Morgan fingerprint density at radius 1 is 1.12 bits per heavy atom. The minimum Gasteiger partial charge on any atom is -0.530 e. The van der Waals surface area contributed by atoms with Gasteiger partial charge in [0.2, 0.25) is 0 Å². The molecule has 6 nitrogen and oxygen atoms in total. The van der Waals surface area contributed by atoms with Crippen LogP contribution in [-0.2, 0) is 4.57 Å². The molecule has 0 radical (unpaired) electrons. The van der Waals surface area contributed by atoms with Crippen molar-refractivity contribution >= 4 is 36.8 Å². The summed E-state index contributed by atoms with van der Waals surface area (Å²) in [4.78, 5) is 13.5. The molecule has 1 amide bonds. The van der Waals surface area contributed by atoms with E-state index in [0.29, 0.717) is 11.4 Å². The quantitative estimate of drug-likeness (QED) is 0.765. The van der Waals surface area contributed by atoms with E-state index in [-0.39, 0.29) is 12.5 Å². The summed E-state index contributed by atoms with van der Waals surface area (Å²) in [6.45, 7) is 3.85. The molecule has 8 heteroatoms. The number of anilines is 2. The molecule has 0 saturated heterocycles. The van der Waals surface area contributed by atoms with E-state index in [2.05, 4.69) is 10.2 Å². The van der Waals surface area contributed by atoms with Crippen LogP contribution in [0.3, 0.4) is 0 Å². The molecule has 1 atom stereocenters. The second kappa shape index (κ2) is 7.02. The van der Waals surface area contributed by atoms with E-state index in [1.165, 1.54) is 0 Å². The zero-order valence-electron chi connectivity index (χ0n) is 13.9. The van der Waals surface area contributed by atoms with Gasteiger partial charge in [0.15, 0.2) is 0 Å². The van der Waals surface area contributed by atoms with Gasteiger partial charge in [-0.15, -0.1) is 0 Å². The lowest BCUT2D eigenvalue weighted by molar-refractivity contribution is -0.259. The number of nitrogens with one attached hydrogen (secondary N) is 2. The highest BCUT2D eigenvalue weighted by Crippen LogP contribution is 2.57. The third kappa shape index (κ3) is 3.94. The van der Waals surface area contributed by atoms with E-state index >= 15 is 0 Å². The van der Waals surface area contributed by atoms with E-state index in [4.69, 9.17) is 0 Å². The first-order chi connectivity index (χ1) is 11.9. The fourth-order valence-corrected chi connectivity index (χ4v) is 5.52. The summed E-state index contributed by atoms with van der Waals surface area (Å²) in [7, 11) is -3.51. The van der Waals surface area contributed by atoms with E-state index in [0.717, 1.165) is 14.5 Å². The van der Waals surface area contributed by atoms with Crippen molar-refractivity contribution in [3.05, 3.63) is 48.5 Å². The van der Waals surface area contributed by atoms with Crippen LogP contribution in [0.25, 0.3) is 0 Å². The third-order valence-corrected chi connectivity index (χ3v) is 6.69. The molecule has 132 valence electrons. The number of amides is 1. The SMILES string of the molecule is CC(C)CN(C(=O)[O-])P1(=O)Nc2ccc(Sc3ccccc3)cc2N1. The summed E-state index contributed by atoms with van der Waals surface area (Å²) in [6.07, 6.45) is -1.45. The molecule has 1 heterocycles. The molecule has 25 heavy (non-hydrogen) atoms. The topological polar surface area (TPSA) is 84.5 Å². The van der Waals surface area contributed by atoms with Gasteiger partial charge < -0.3 is 20.1 Å². The van der Waals surface area contributed by atoms with Crippen molar-refractivity contribution < 1.29 is 14.5 Å². The highest BCUT2D eigenvalue weighted by Gasteiger charge is 2.37. The molecule has 1 aliphatic heterocycles. The molecule has 0 fully saturated rings. The van der Waals surface area contributed by atoms with Crippen LogP contribution >= 0.6 is 19.4 Å². The lowest BCUT2D eigenvalue weighted by Gasteiger charge is -2.32. The fraction of sp³-hybridized carbons (Fsp3) is 0.235. The van der Waals surface area contributed by atoms with E-state index in [1.54, 1.807) is 17.8 Å². The van der Waals surface area contributed by atoms with Crippen molar-refractivity contribution in [3.8, 4) is 0 Å². The number of hydrogen-bond donors (Lipinski definition) is 2. The van der Waals surface area contributed by atoms with E-state index < -0.39 is 13.7 Å². The number of fused-ring (bicyclic) bond motifs is 1. The van der Waals surface area contributed by atoms with E-state index in [1.807, 2.05) is 56.3 Å². The Morgan fingerprint density at radius 3 is 2.44 bits per heavy atom. The van der Waals surface area contributed by atoms with Crippen LogP contribution < -0.4 is 15.3 Å². The number of rotatable bonds is 5. The molecule has 0 aromatic heterocycles. The maximum absolute atomic E-state index is 13.1. The Morgan fingerprint density at radius 2 is 1.80 bits per heavy atom. The Labute approximate surface area is 151 Å². The Hall–Kier alpha value is -2.11. The van der Waals surface area contributed by atoms with Crippen LogP contribution in [0.2, 0.25) is 0 Å². The second-order valence-electron chi connectivity index (χ2n) is 6.16. The van der Waals surface area contributed by atoms with Crippen LogP contribution in [0.1, 0.15) is 13.8 Å². The molecule has 2 aromatic carbocycles. The Kier molecular flexibility index (Phi) is 4.97. The predicted molar refractivity (Wildman–Crippen MR) is 98.8 cm³/mol. The molecule has 2 aromatic rings. The first-order valence-electron chi connectivity index (χ1n) is 7.90. The van der Waals surface area contributed by atoms with Crippen molar-refractivity contribution in [3.63, 3.8) is 0 Å². The van der Waals surface area contributed by atoms with Gasteiger partial charge in [0.25, 0.3) is 0 Å². The molecular formula is C17H19N3O3PS-. The van der Waals surface area contributed by atoms with Gasteiger partial charge in [-0.25, -0.2) is 0 Å². The van der Waals surface area contributed by atoms with Crippen LogP contribution in [0.15, 0.2) is 58.3 Å². The average molecular weight is 376 g/mol. The summed E-state index contributed by atoms with van der Waals surface area (Å²) in [6, 6.07) is 15.5. The summed E-state index contributed by atoms with van der Waals surface area (Å²) >= 11 is 1.58. The van der Waals surface area contributed by atoms with Crippen molar-refractivity contribution in [1.82, 2.24) is 4.67 Å². The van der Waals surface area contributed by atoms with Crippen LogP contribution in [0, 0.1) is 5.92 Å². The van der Waals surface area contributed by atoms with Crippen LogP contribution in [-0.4, -0.2) is 17.3 Å². The van der Waals surface area contributed by atoms with Gasteiger partial charge in [-0.1, -0.05) is 43.8 Å². The summed E-state index contributed by atoms with van der Waals surface area (Å²) in [5, 5.41) is 17.1. The molecule has 3 rings (SSSR count). The smallest absolute Gasteiger partial charge is 0.356 e. The monoisotopic (exact) mass is 376 g/mol. The number of carbonyl (C=O) groups is 1. The molecule has 0 spiro atoms. The van der Waals surface area contributed by atoms with Gasteiger partial charge in [-0.2, -0.15) is 0 Å². The van der Waals surface area contributed by atoms with Gasteiger partial charge in [-0.3, -0.25) is 9.24 Å². The first kappa shape index (κ1) is 17.7. The van der Waals surface area contributed by atoms with Gasteiger partial charge in [0.1, 0.15) is 6.09 Å². The molecule has 1 aliphatic rings. The predicted octanol–water partition coefficient (Wildman–Crippen LogP) is 4.08. The van der Waals surface area contributed by atoms with Crippen molar-refractivity contribution in [2.45, 2.75) is 23.6 Å². The molecule has 0 bridgehead atoms. The number of hydrogen-bond acceptors (Lipinski definition) is 4. The fourth-order valence-electron chi connectivity index (χ4n) is 2.53. The zero-order valence-corrected chi connectivity index (χ0v) is 15.6. The number of benzene rings is 2. The molecule has 1 unspecified atom stereocenters. The largest absolute Gasteiger partial charge is 0.530 e. The first-order valence-corrected chi connectivity index (χ1v) is 10.4. The molecule has 0 aliphatic carbocycles. The van der Waals surface area contributed by atoms with E-state index in [9.17, 15) is 14.5 Å². The number of carbonyl (C=O) groups excluding carboxylic acids is 1. The Bertz CT molecular complexity index is 829. The average Bonchev–Trinajstić information content (AvgIpc) is 2.89. The molecule has 2 N–H and O–H groups in total. The summed E-state index contributed by atoms with van der Waals surface area (Å²) < 4.78 is 14.0. The minimum atomic E-state index is -3.51. The van der Waals surface area contributed by atoms with Gasteiger partial charge in [0.05, 0.1) is 11.4 Å². The molecule has 0 saturated carbocycles. The highest BCUT2D eigenvalue weighted by molar-refractivity contribution is 7.99. The highest BCUT2D eigenvalue weighted by atomic mass is 32.2. The van der Waals surface area contributed by atoms with Crippen LogP contribution in [0.4, 0.5) is 16.2 Å². The Balaban J connectivity index is 1.82. The van der Waals surface area contributed by atoms with Gasteiger partial charge in [0, 0.05) is 16.3 Å². The van der Waals surface area contributed by atoms with Crippen LogP contribution in [0.5, 0.6) is 0 Å². The van der Waals surface area contributed by atoms with Gasteiger partial charge >= 0.3 is 7.59 Å². The van der Waals surface area contributed by atoms with Crippen molar-refractivity contribution in [1.29, 1.82) is 0 Å². The van der Waals surface area contributed by atoms with Gasteiger partial charge in [-0.05, 0) is 36.2 Å². The standard InChI is InChI=1S/C17H20N3O3PS/c1-12(2)11-20(17(21)22)24(23)18-15-9-8-14(10-16(15)19-24)25-13-6-4-3-5-7-13/h3-10,12H,11H2,1-2H3,(H,21,22)(H2,18,19,23)/p-1. The number of carboxylic acid groups (broad SMARTS) is 1. The third-order valence-electron chi connectivity index (χ3n) is 3.60. The van der Waals surface area contributed by atoms with Crippen molar-refractivity contribution in [2.24, 2.45) is 5.92 Å².